The van der Waals surface area contributed by atoms with Gasteiger partial charge in [0, 0.05) is 30.4 Å². The van der Waals surface area contributed by atoms with Gasteiger partial charge in [-0.15, -0.1) is 11.6 Å². The number of likely N-dealkylation sites (tertiary alicyclic amines) is 1. The third-order valence-corrected chi connectivity index (χ3v) is 6.38. The number of aromatic nitrogens is 2. The summed E-state index contributed by atoms with van der Waals surface area (Å²) in [6.45, 7) is 9.37. The number of alkyl halides is 1. The molecule has 0 unspecified atom stereocenters. The fourth-order valence-electron chi connectivity index (χ4n) is 3.69. The summed E-state index contributed by atoms with van der Waals surface area (Å²) in [6.07, 6.45) is 8.34. The van der Waals surface area contributed by atoms with E-state index in [4.69, 9.17) is 25.6 Å². The van der Waals surface area contributed by atoms with E-state index in [1.165, 1.54) is 0 Å². The first-order valence-electron chi connectivity index (χ1n) is 10.4. The van der Waals surface area contributed by atoms with Crippen molar-refractivity contribution in [3.05, 3.63) is 12.4 Å². The lowest BCUT2D eigenvalue weighted by Crippen LogP contribution is -2.44. The summed E-state index contributed by atoms with van der Waals surface area (Å²) in [7, 11) is -0.481. The lowest BCUT2D eigenvalue weighted by Gasteiger charge is -2.35. The van der Waals surface area contributed by atoms with Gasteiger partial charge >= 0.3 is 13.1 Å². The topological polar surface area (TPSA) is 73.8 Å². The molecule has 1 atom stereocenters. The standard InChI is InChI=1S/C20H31BClN3O4/c1-19(2)20(3,4)29-21(28-19)15-13-23-18(24-14-15)27-11-7-9-16-8-5-6-10-25(16)17(26)12-22/h13-14,16H,5-12H2,1-4H3/t16-/m0/s1. The SMILES string of the molecule is CC1(C)OB(c2cnc(OCCC[C@@H]3CCCCN3C(=O)CCl)nc2)OC1(C)C. The van der Waals surface area contributed by atoms with E-state index in [9.17, 15) is 4.79 Å². The van der Waals surface area contributed by atoms with Crippen LogP contribution in [0.25, 0.3) is 0 Å². The van der Waals surface area contributed by atoms with Gasteiger partial charge in [0.1, 0.15) is 5.88 Å². The zero-order chi connectivity index (χ0) is 21.1. The zero-order valence-corrected chi connectivity index (χ0v) is 18.6. The van der Waals surface area contributed by atoms with Crippen LogP contribution in [0.15, 0.2) is 12.4 Å². The van der Waals surface area contributed by atoms with Gasteiger partial charge in [-0.25, -0.2) is 9.97 Å². The summed E-state index contributed by atoms with van der Waals surface area (Å²) in [5.74, 6) is 0.0783. The van der Waals surface area contributed by atoms with Gasteiger partial charge in [-0.1, -0.05) is 0 Å². The molecule has 0 radical (unpaired) electrons. The molecule has 7 nitrogen and oxygen atoms in total. The van der Waals surface area contributed by atoms with Crippen LogP contribution in [-0.4, -0.2) is 64.2 Å². The number of ether oxygens (including phenoxy) is 1. The number of nitrogens with zero attached hydrogens (tertiary/aromatic N) is 3. The van der Waals surface area contributed by atoms with Crippen molar-refractivity contribution >= 4 is 30.1 Å². The van der Waals surface area contributed by atoms with Gasteiger partial charge in [0.05, 0.1) is 17.8 Å². The van der Waals surface area contributed by atoms with Crippen molar-refractivity contribution in [2.75, 3.05) is 19.0 Å². The van der Waals surface area contributed by atoms with E-state index in [2.05, 4.69) is 9.97 Å². The lowest BCUT2D eigenvalue weighted by molar-refractivity contribution is -0.132. The van der Waals surface area contributed by atoms with Crippen LogP contribution in [0.2, 0.25) is 0 Å². The van der Waals surface area contributed by atoms with Crippen LogP contribution in [0.3, 0.4) is 0 Å². The molecule has 0 saturated carbocycles. The molecule has 1 aromatic heterocycles. The zero-order valence-electron chi connectivity index (χ0n) is 17.8. The molecule has 3 rings (SSSR count). The van der Waals surface area contributed by atoms with E-state index in [0.29, 0.717) is 12.6 Å². The molecule has 0 aliphatic carbocycles. The third-order valence-electron chi connectivity index (χ3n) is 6.15. The Balaban J connectivity index is 1.46. The number of rotatable bonds is 7. The first-order chi connectivity index (χ1) is 13.7. The van der Waals surface area contributed by atoms with Gasteiger partial charge in [-0.3, -0.25) is 4.79 Å². The van der Waals surface area contributed by atoms with Gasteiger partial charge in [0.2, 0.25) is 5.91 Å². The number of halogens is 1. The molecule has 29 heavy (non-hydrogen) atoms. The summed E-state index contributed by atoms with van der Waals surface area (Å²) in [5.41, 5.74) is -0.0246. The molecular weight excluding hydrogens is 393 g/mol. The van der Waals surface area contributed by atoms with Crippen LogP contribution in [0.5, 0.6) is 6.01 Å². The molecule has 0 spiro atoms. The van der Waals surface area contributed by atoms with Gasteiger partial charge in [0.15, 0.2) is 0 Å². The van der Waals surface area contributed by atoms with Gasteiger partial charge in [0.25, 0.3) is 0 Å². The smallest absolute Gasteiger partial charge is 0.463 e. The molecule has 1 amide bonds. The highest BCUT2D eigenvalue weighted by molar-refractivity contribution is 6.61. The minimum absolute atomic E-state index is 0.0268. The van der Waals surface area contributed by atoms with E-state index in [0.717, 1.165) is 44.1 Å². The fourth-order valence-corrected chi connectivity index (χ4v) is 3.84. The van der Waals surface area contributed by atoms with E-state index in [-0.39, 0.29) is 17.8 Å². The Morgan fingerprint density at radius 1 is 1.24 bits per heavy atom. The van der Waals surface area contributed by atoms with E-state index in [1.54, 1.807) is 12.4 Å². The van der Waals surface area contributed by atoms with E-state index >= 15 is 0 Å². The summed E-state index contributed by atoms with van der Waals surface area (Å²) in [5, 5.41) is 0. The fraction of sp³-hybridized carbons (Fsp3) is 0.750. The molecule has 2 saturated heterocycles. The molecule has 3 heterocycles. The second-order valence-electron chi connectivity index (χ2n) is 8.75. The number of piperidine rings is 1. The van der Waals surface area contributed by atoms with Gasteiger partial charge < -0.3 is 18.9 Å². The maximum Gasteiger partial charge on any atom is 0.498 e. The second-order valence-corrected chi connectivity index (χ2v) is 9.02. The molecule has 160 valence electrons. The van der Waals surface area contributed by atoms with Crippen molar-refractivity contribution in [2.45, 2.75) is 77.0 Å². The summed E-state index contributed by atoms with van der Waals surface area (Å²) in [4.78, 5) is 22.5. The first kappa shape index (κ1) is 22.3. The average molecular weight is 424 g/mol. The molecule has 9 heteroatoms. The molecule has 2 aliphatic heterocycles. The molecule has 2 fully saturated rings. The molecular formula is C20H31BClN3O4. The quantitative estimate of drug-likeness (QED) is 0.381. The van der Waals surface area contributed by atoms with E-state index in [1.807, 2.05) is 32.6 Å². The number of hydrogen-bond donors (Lipinski definition) is 0. The highest BCUT2D eigenvalue weighted by Gasteiger charge is 2.51. The minimum Gasteiger partial charge on any atom is -0.463 e. The maximum atomic E-state index is 12.0. The molecule has 2 aliphatic rings. The summed E-state index contributed by atoms with van der Waals surface area (Å²) < 4.78 is 17.7. The monoisotopic (exact) mass is 423 g/mol. The third kappa shape index (κ3) is 5.22. The van der Waals surface area contributed by atoms with Crippen LogP contribution in [0.4, 0.5) is 0 Å². The van der Waals surface area contributed by atoms with Gasteiger partial charge in [-0.2, -0.15) is 0 Å². The van der Waals surface area contributed by atoms with Crippen LogP contribution >= 0.6 is 11.6 Å². The Kier molecular flexibility index (Phi) is 7.07. The Morgan fingerprint density at radius 3 is 2.52 bits per heavy atom. The van der Waals surface area contributed by atoms with Crippen molar-refractivity contribution in [1.82, 2.24) is 14.9 Å². The lowest BCUT2D eigenvalue weighted by atomic mass is 9.81. The summed E-state index contributed by atoms with van der Waals surface area (Å²) in [6, 6.07) is 0.591. The number of hydrogen-bond acceptors (Lipinski definition) is 6. The largest absolute Gasteiger partial charge is 0.498 e. The first-order valence-corrected chi connectivity index (χ1v) is 10.9. The average Bonchev–Trinajstić information content (AvgIpc) is 2.92. The van der Waals surface area contributed by atoms with Crippen molar-refractivity contribution in [3.63, 3.8) is 0 Å². The van der Waals surface area contributed by atoms with Crippen LogP contribution < -0.4 is 10.2 Å². The Bertz CT molecular complexity index is 685. The van der Waals surface area contributed by atoms with Crippen molar-refractivity contribution in [2.24, 2.45) is 0 Å². The van der Waals surface area contributed by atoms with E-state index < -0.39 is 18.3 Å². The Hall–Kier alpha value is -1.38. The molecule has 0 N–H and O–H groups in total. The second kappa shape index (κ2) is 9.19. The normalized spacial score (nSPS) is 23.3. The van der Waals surface area contributed by atoms with Gasteiger partial charge in [-0.05, 0) is 59.8 Å². The number of carbonyl (C=O) groups is 1. The Labute approximate surface area is 178 Å². The van der Waals surface area contributed by atoms with Crippen LogP contribution in [-0.2, 0) is 14.1 Å². The van der Waals surface area contributed by atoms with Crippen LogP contribution in [0, 0.1) is 0 Å². The summed E-state index contributed by atoms with van der Waals surface area (Å²) >= 11 is 5.73. The van der Waals surface area contributed by atoms with Crippen molar-refractivity contribution in [3.8, 4) is 6.01 Å². The van der Waals surface area contributed by atoms with Crippen LogP contribution in [0.1, 0.15) is 59.8 Å². The molecule has 0 aromatic carbocycles. The predicted molar refractivity (Wildman–Crippen MR) is 113 cm³/mol. The molecule has 1 aromatic rings. The molecule has 0 bridgehead atoms. The predicted octanol–water partition coefficient (Wildman–Crippen LogP) is 2.55. The number of amides is 1. The maximum absolute atomic E-state index is 12.0. The van der Waals surface area contributed by atoms with Crippen molar-refractivity contribution in [1.29, 1.82) is 0 Å². The number of carbonyl (C=O) groups excluding carboxylic acids is 1. The highest BCUT2D eigenvalue weighted by atomic mass is 35.5. The van der Waals surface area contributed by atoms with Crippen molar-refractivity contribution < 1.29 is 18.8 Å². The highest BCUT2D eigenvalue weighted by Crippen LogP contribution is 2.36. The minimum atomic E-state index is -0.481. The Morgan fingerprint density at radius 2 is 1.90 bits per heavy atom.